The number of amides is 2. The van der Waals surface area contributed by atoms with E-state index in [1.165, 1.54) is 5.56 Å². The van der Waals surface area contributed by atoms with Crippen LogP contribution in [0, 0.1) is 0 Å². The molecule has 6 nitrogen and oxygen atoms in total. The van der Waals surface area contributed by atoms with Crippen molar-refractivity contribution < 1.29 is 14.3 Å². The second-order valence-corrected chi connectivity index (χ2v) is 9.92. The third-order valence-corrected chi connectivity index (χ3v) is 7.62. The van der Waals surface area contributed by atoms with Crippen LogP contribution in [0.3, 0.4) is 0 Å². The number of hydrogen-bond acceptors (Lipinski definition) is 4. The second kappa shape index (κ2) is 10.3. The Balaban J connectivity index is 1.24. The number of nitrogens with one attached hydrogen (secondary N) is 1. The van der Waals surface area contributed by atoms with E-state index >= 15 is 0 Å². The summed E-state index contributed by atoms with van der Waals surface area (Å²) in [6.45, 7) is 3.13. The fraction of sp³-hybridized carbons (Fsp3) is 0.500. The first-order valence-electron chi connectivity index (χ1n) is 12.7. The third-order valence-electron chi connectivity index (χ3n) is 7.62. The monoisotopic (exact) mass is 461 g/mol. The maximum atomic E-state index is 13.6. The highest BCUT2D eigenvalue weighted by molar-refractivity contribution is 5.98. The van der Waals surface area contributed by atoms with E-state index in [1.807, 2.05) is 36.4 Å². The molecule has 5 rings (SSSR count). The summed E-state index contributed by atoms with van der Waals surface area (Å²) in [5, 5.41) is 3.26. The predicted octanol–water partition coefficient (Wildman–Crippen LogP) is 3.97. The topological polar surface area (TPSA) is 61.9 Å². The van der Waals surface area contributed by atoms with Crippen LogP contribution in [0.15, 0.2) is 60.7 Å². The van der Waals surface area contributed by atoms with Gasteiger partial charge in [-0.3, -0.25) is 19.4 Å². The average Bonchev–Trinajstić information content (AvgIpc) is 3.24. The van der Waals surface area contributed by atoms with E-state index in [0.717, 1.165) is 64.6 Å². The van der Waals surface area contributed by atoms with Gasteiger partial charge in [0.1, 0.15) is 11.8 Å². The zero-order valence-electron chi connectivity index (χ0n) is 19.8. The fourth-order valence-electron chi connectivity index (χ4n) is 5.77. The smallest absolute Gasteiger partial charge is 0.256 e. The lowest BCUT2D eigenvalue weighted by Crippen LogP contribution is -2.58. The van der Waals surface area contributed by atoms with Crippen LogP contribution in [0.2, 0.25) is 0 Å². The van der Waals surface area contributed by atoms with Crippen LogP contribution in [0.25, 0.3) is 0 Å². The highest BCUT2D eigenvalue weighted by atomic mass is 16.5. The van der Waals surface area contributed by atoms with Crippen molar-refractivity contribution in [2.24, 2.45) is 0 Å². The first kappa shape index (κ1) is 23.1. The minimum atomic E-state index is -0.647. The second-order valence-electron chi connectivity index (χ2n) is 9.92. The maximum Gasteiger partial charge on any atom is 0.256 e. The van der Waals surface area contributed by atoms with Gasteiger partial charge < -0.3 is 10.1 Å². The van der Waals surface area contributed by atoms with Crippen molar-refractivity contribution in [3.05, 3.63) is 71.8 Å². The number of piperidine rings is 1. The Morgan fingerprint density at radius 1 is 0.912 bits per heavy atom. The lowest BCUT2D eigenvalue weighted by molar-refractivity contribution is -0.128. The van der Waals surface area contributed by atoms with Crippen LogP contribution in [0.4, 0.5) is 0 Å². The number of ether oxygens (including phenoxy) is 1. The molecular weight excluding hydrogens is 426 g/mol. The summed E-state index contributed by atoms with van der Waals surface area (Å²) in [5.74, 6) is -0.175. The van der Waals surface area contributed by atoms with Crippen molar-refractivity contribution in [3.8, 4) is 0 Å². The van der Waals surface area contributed by atoms with Crippen LogP contribution < -0.4 is 5.32 Å². The zero-order chi connectivity index (χ0) is 23.4. The summed E-state index contributed by atoms with van der Waals surface area (Å²) in [6.07, 6.45) is 6.63. The van der Waals surface area contributed by atoms with E-state index in [-0.39, 0.29) is 24.5 Å². The number of hydrogen-bond donors (Lipinski definition) is 1. The van der Waals surface area contributed by atoms with E-state index < -0.39 is 11.8 Å². The molecule has 2 aliphatic heterocycles. The van der Waals surface area contributed by atoms with Gasteiger partial charge in [-0.05, 0) is 56.2 Å². The zero-order valence-corrected chi connectivity index (χ0v) is 19.8. The van der Waals surface area contributed by atoms with Crippen molar-refractivity contribution in [1.29, 1.82) is 0 Å². The molecule has 6 heteroatoms. The van der Waals surface area contributed by atoms with Crippen molar-refractivity contribution in [3.63, 3.8) is 0 Å². The quantitative estimate of drug-likeness (QED) is 0.732. The number of rotatable bonds is 5. The molecule has 0 bridgehead atoms. The fourth-order valence-corrected chi connectivity index (χ4v) is 5.77. The molecule has 2 aromatic carbocycles. The SMILES string of the molecule is O=C(NC1CCN(Cc2ccccc2)CC1)[C@@H]1COC2(CCCCC2)N1C(=O)c1ccccc1. The average molecular weight is 462 g/mol. The Morgan fingerprint density at radius 2 is 1.56 bits per heavy atom. The molecule has 1 aliphatic carbocycles. The largest absolute Gasteiger partial charge is 0.353 e. The van der Waals surface area contributed by atoms with Gasteiger partial charge in [-0.1, -0.05) is 55.0 Å². The van der Waals surface area contributed by atoms with Gasteiger partial charge in [-0.15, -0.1) is 0 Å². The van der Waals surface area contributed by atoms with Gasteiger partial charge in [0.05, 0.1) is 6.61 Å². The van der Waals surface area contributed by atoms with E-state index in [9.17, 15) is 9.59 Å². The summed E-state index contributed by atoms with van der Waals surface area (Å²) in [5.41, 5.74) is 1.29. The predicted molar refractivity (Wildman–Crippen MR) is 131 cm³/mol. The van der Waals surface area contributed by atoms with Gasteiger partial charge >= 0.3 is 0 Å². The number of nitrogens with zero attached hydrogens (tertiary/aromatic N) is 2. The van der Waals surface area contributed by atoms with Crippen LogP contribution in [-0.2, 0) is 16.1 Å². The highest BCUT2D eigenvalue weighted by Crippen LogP contribution is 2.41. The Kier molecular flexibility index (Phi) is 6.97. The minimum Gasteiger partial charge on any atom is -0.353 e. The first-order valence-corrected chi connectivity index (χ1v) is 12.7. The highest BCUT2D eigenvalue weighted by Gasteiger charge is 2.53. The molecule has 0 radical (unpaired) electrons. The van der Waals surface area contributed by atoms with E-state index in [4.69, 9.17) is 4.74 Å². The van der Waals surface area contributed by atoms with Crippen molar-refractivity contribution in [2.75, 3.05) is 19.7 Å². The Bertz CT molecular complexity index is 967. The lowest BCUT2D eigenvalue weighted by Gasteiger charge is -2.41. The molecule has 1 atom stereocenters. The standard InChI is InChI=1S/C28H35N3O3/c32-26(29-24-14-18-30(19-15-24)20-22-10-4-1-5-11-22)25-21-34-28(16-8-3-9-17-28)31(25)27(33)23-12-6-2-7-13-23/h1-2,4-7,10-13,24-25H,3,8-9,14-21H2,(H,29,32)/t25-/m0/s1. The summed E-state index contributed by atoms with van der Waals surface area (Å²) >= 11 is 0. The number of benzene rings is 2. The van der Waals surface area contributed by atoms with Gasteiger partial charge in [-0.2, -0.15) is 0 Å². The molecule has 2 aromatic rings. The maximum absolute atomic E-state index is 13.6. The van der Waals surface area contributed by atoms with Crippen LogP contribution in [0.1, 0.15) is 60.9 Å². The number of likely N-dealkylation sites (tertiary alicyclic amines) is 1. The Hall–Kier alpha value is -2.70. The van der Waals surface area contributed by atoms with Crippen molar-refractivity contribution in [1.82, 2.24) is 15.1 Å². The van der Waals surface area contributed by atoms with Gasteiger partial charge in [-0.25, -0.2) is 0 Å². The molecule has 1 N–H and O–H groups in total. The molecule has 34 heavy (non-hydrogen) atoms. The molecule has 3 fully saturated rings. The van der Waals surface area contributed by atoms with Gasteiger partial charge in [0, 0.05) is 31.2 Å². The van der Waals surface area contributed by atoms with Crippen LogP contribution in [-0.4, -0.2) is 59.1 Å². The normalized spacial score (nSPS) is 23.2. The summed E-state index contributed by atoms with van der Waals surface area (Å²) in [7, 11) is 0. The molecule has 0 aromatic heterocycles. The Morgan fingerprint density at radius 3 is 2.24 bits per heavy atom. The molecule has 3 aliphatic rings. The number of carbonyl (C=O) groups is 2. The third kappa shape index (κ3) is 4.89. The molecule has 2 amide bonds. The first-order chi connectivity index (χ1) is 16.6. The molecular formula is C28H35N3O3. The number of carbonyl (C=O) groups excluding carboxylic acids is 2. The van der Waals surface area contributed by atoms with E-state index in [0.29, 0.717) is 5.56 Å². The lowest BCUT2D eigenvalue weighted by atomic mass is 9.89. The summed E-state index contributed by atoms with van der Waals surface area (Å²) in [6, 6.07) is 19.4. The Labute approximate surface area is 202 Å². The molecule has 2 saturated heterocycles. The molecule has 1 spiro atoms. The van der Waals surface area contributed by atoms with E-state index in [1.54, 1.807) is 4.90 Å². The molecule has 180 valence electrons. The minimum absolute atomic E-state index is 0.0757. The van der Waals surface area contributed by atoms with Crippen molar-refractivity contribution >= 4 is 11.8 Å². The van der Waals surface area contributed by atoms with Gasteiger partial charge in [0.15, 0.2) is 0 Å². The molecule has 2 heterocycles. The molecule has 0 unspecified atom stereocenters. The summed E-state index contributed by atoms with van der Waals surface area (Å²) in [4.78, 5) is 31.3. The molecule has 1 saturated carbocycles. The van der Waals surface area contributed by atoms with E-state index in [2.05, 4.69) is 34.5 Å². The van der Waals surface area contributed by atoms with Gasteiger partial charge in [0.25, 0.3) is 5.91 Å². The van der Waals surface area contributed by atoms with Crippen molar-refractivity contribution in [2.45, 2.75) is 69.3 Å². The summed E-state index contributed by atoms with van der Waals surface area (Å²) < 4.78 is 6.28. The van der Waals surface area contributed by atoms with Crippen LogP contribution >= 0.6 is 0 Å². The van der Waals surface area contributed by atoms with Crippen LogP contribution in [0.5, 0.6) is 0 Å². The van der Waals surface area contributed by atoms with Gasteiger partial charge in [0.2, 0.25) is 5.91 Å².